The van der Waals surface area contributed by atoms with E-state index in [2.05, 4.69) is 25.9 Å². The second-order valence-electron chi connectivity index (χ2n) is 5.52. The summed E-state index contributed by atoms with van der Waals surface area (Å²) in [5.41, 5.74) is 2.10. The Hall–Kier alpha value is -1.12. The Bertz CT molecular complexity index is 404. The number of carbonyl (C=O) groups is 1. The first-order valence-electron chi connectivity index (χ1n) is 6.11. The van der Waals surface area contributed by atoms with E-state index < -0.39 is 0 Å². The minimum atomic E-state index is 0.0914. The Balaban J connectivity index is 2.30. The van der Waals surface area contributed by atoms with Crippen molar-refractivity contribution in [3.8, 4) is 0 Å². The van der Waals surface area contributed by atoms with Gasteiger partial charge in [-0.1, -0.05) is 27.2 Å². The summed E-state index contributed by atoms with van der Waals surface area (Å²) in [6.07, 6.45) is 5.66. The summed E-state index contributed by atoms with van der Waals surface area (Å²) < 4.78 is 2.03. The van der Waals surface area contributed by atoms with E-state index >= 15 is 0 Å². The number of rotatable bonds is 3. The predicted molar refractivity (Wildman–Crippen MR) is 63.6 cm³/mol. The largest absolute Gasteiger partial charge is 0.294 e. The molecular weight excluding hydrogens is 200 g/mol. The fraction of sp³-hybridized carbons (Fsp3) is 0.692. The molecule has 0 bridgehead atoms. The standard InChI is InChI=1S/C13H20N2O/c1-4-5-6-15-11-7-13(2,3)8-12(16)10(11)9-14-15/h9H,4-8H2,1-3H3. The minimum Gasteiger partial charge on any atom is -0.294 e. The molecule has 0 saturated carbocycles. The van der Waals surface area contributed by atoms with Crippen molar-refractivity contribution < 1.29 is 4.79 Å². The van der Waals surface area contributed by atoms with E-state index in [4.69, 9.17) is 0 Å². The van der Waals surface area contributed by atoms with Crippen LogP contribution in [-0.4, -0.2) is 15.6 Å². The van der Waals surface area contributed by atoms with Crippen molar-refractivity contribution in [3.63, 3.8) is 0 Å². The molecule has 1 heterocycles. The molecule has 0 aromatic carbocycles. The molecule has 1 aliphatic carbocycles. The molecule has 3 heteroatoms. The molecule has 16 heavy (non-hydrogen) atoms. The second-order valence-corrected chi connectivity index (χ2v) is 5.52. The van der Waals surface area contributed by atoms with Gasteiger partial charge in [-0.15, -0.1) is 0 Å². The van der Waals surface area contributed by atoms with Crippen molar-refractivity contribution in [1.29, 1.82) is 0 Å². The molecule has 88 valence electrons. The molecule has 0 saturated heterocycles. The van der Waals surface area contributed by atoms with Crippen LogP contribution in [0.5, 0.6) is 0 Å². The van der Waals surface area contributed by atoms with E-state index in [0.717, 1.165) is 37.1 Å². The average molecular weight is 220 g/mol. The molecule has 0 radical (unpaired) electrons. The SMILES string of the molecule is CCCCn1ncc2c1CC(C)(C)CC2=O. The molecule has 1 aliphatic rings. The summed E-state index contributed by atoms with van der Waals surface area (Å²) in [7, 11) is 0. The third-order valence-electron chi connectivity index (χ3n) is 3.26. The number of hydrogen-bond acceptors (Lipinski definition) is 2. The van der Waals surface area contributed by atoms with Gasteiger partial charge in [0.15, 0.2) is 5.78 Å². The zero-order valence-corrected chi connectivity index (χ0v) is 10.4. The molecule has 1 aromatic heterocycles. The molecule has 0 aliphatic heterocycles. The first kappa shape index (κ1) is 11.4. The maximum Gasteiger partial charge on any atom is 0.166 e. The maximum atomic E-state index is 11.9. The monoisotopic (exact) mass is 220 g/mol. The van der Waals surface area contributed by atoms with Crippen LogP contribution in [0.4, 0.5) is 0 Å². The predicted octanol–water partition coefficient (Wildman–Crippen LogP) is 2.84. The maximum absolute atomic E-state index is 11.9. The molecule has 0 fully saturated rings. The Labute approximate surface area is 96.8 Å². The van der Waals surface area contributed by atoms with Gasteiger partial charge in [0, 0.05) is 18.7 Å². The van der Waals surface area contributed by atoms with Crippen molar-refractivity contribution >= 4 is 5.78 Å². The van der Waals surface area contributed by atoms with Crippen LogP contribution in [0, 0.1) is 5.41 Å². The summed E-state index contributed by atoms with van der Waals surface area (Å²) in [5.74, 6) is 0.258. The highest BCUT2D eigenvalue weighted by Crippen LogP contribution is 2.34. The van der Waals surface area contributed by atoms with Crippen LogP contribution in [0.25, 0.3) is 0 Å². The van der Waals surface area contributed by atoms with Gasteiger partial charge in [0.05, 0.1) is 11.8 Å². The quantitative estimate of drug-likeness (QED) is 0.785. The number of ketones is 1. The highest BCUT2D eigenvalue weighted by Gasteiger charge is 2.33. The second kappa shape index (κ2) is 4.04. The first-order valence-corrected chi connectivity index (χ1v) is 6.11. The van der Waals surface area contributed by atoms with Gasteiger partial charge in [0.2, 0.25) is 0 Å². The Morgan fingerprint density at radius 2 is 2.19 bits per heavy atom. The highest BCUT2D eigenvalue weighted by molar-refractivity contribution is 5.98. The van der Waals surface area contributed by atoms with Crippen LogP contribution in [0.15, 0.2) is 6.20 Å². The van der Waals surface area contributed by atoms with Crippen LogP contribution in [0.2, 0.25) is 0 Å². The summed E-state index contributed by atoms with van der Waals surface area (Å²) in [6, 6.07) is 0. The number of aryl methyl sites for hydroxylation is 1. The lowest BCUT2D eigenvalue weighted by molar-refractivity contribution is 0.0910. The van der Waals surface area contributed by atoms with Crippen molar-refractivity contribution in [2.24, 2.45) is 5.41 Å². The van der Waals surface area contributed by atoms with Crippen molar-refractivity contribution in [1.82, 2.24) is 9.78 Å². The van der Waals surface area contributed by atoms with Crippen molar-refractivity contribution in [2.45, 2.75) is 53.0 Å². The van der Waals surface area contributed by atoms with Gasteiger partial charge < -0.3 is 0 Å². The van der Waals surface area contributed by atoms with Gasteiger partial charge in [0.1, 0.15) is 0 Å². The van der Waals surface area contributed by atoms with Crippen LogP contribution in [-0.2, 0) is 13.0 Å². The van der Waals surface area contributed by atoms with Crippen LogP contribution >= 0.6 is 0 Å². The molecule has 2 rings (SSSR count). The number of fused-ring (bicyclic) bond motifs is 1. The number of aromatic nitrogens is 2. The fourth-order valence-electron chi connectivity index (χ4n) is 2.38. The normalized spacial score (nSPS) is 18.6. The summed E-state index contributed by atoms with van der Waals surface area (Å²) in [4.78, 5) is 11.9. The van der Waals surface area contributed by atoms with Gasteiger partial charge in [-0.2, -0.15) is 5.10 Å². The lowest BCUT2D eigenvalue weighted by atomic mass is 9.76. The summed E-state index contributed by atoms with van der Waals surface area (Å²) >= 11 is 0. The van der Waals surface area contributed by atoms with Crippen molar-refractivity contribution in [3.05, 3.63) is 17.5 Å². The number of carbonyl (C=O) groups excluding carboxylic acids is 1. The first-order chi connectivity index (χ1) is 7.53. The van der Waals surface area contributed by atoms with E-state index in [1.807, 2.05) is 4.68 Å². The smallest absolute Gasteiger partial charge is 0.166 e. The fourth-order valence-corrected chi connectivity index (χ4v) is 2.38. The lowest BCUT2D eigenvalue weighted by Gasteiger charge is -2.28. The molecule has 0 amide bonds. The third-order valence-corrected chi connectivity index (χ3v) is 3.26. The van der Waals surface area contributed by atoms with Crippen LogP contribution < -0.4 is 0 Å². The van der Waals surface area contributed by atoms with Gasteiger partial charge >= 0.3 is 0 Å². The Morgan fingerprint density at radius 3 is 2.88 bits per heavy atom. The van der Waals surface area contributed by atoms with Gasteiger partial charge in [-0.3, -0.25) is 9.48 Å². The van der Waals surface area contributed by atoms with Crippen molar-refractivity contribution in [2.75, 3.05) is 0 Å². The molecule has 0 N–H and O–H groups in total. The minimum absolute atomic E-state index is 0.0914. The molecule has 3 nitrogen and oxygen atoms in total. The Kier molecular flexibility index (Phi) is 2.87. The highest BCUT2D eigenvalue weighted by atomic mass is 16.1. The number of Topliss-reactive ketones (excluding diaryl/α,β-unsaturated/α-hetero) is 1. The van der Waals surface area contributed by atoms with E-state index in [1.165, 1.54) is 0 Å². The number of unbranched alkanes of at least 4 members (excludes halogenated alkanes) is 1. The molecule has 0 spiro atoms. The lowest BCUT2D eigenvalue weighted by Crippen LogP contribution is -2.28. The molecule has 0 atom stereocenters. The number of nitrogens with zero attached hydrogens (tertiary/aromatic N) is 2. The van der Waals surface area contributed by atoms with E-state index in [0.29, 0.717) is 6.42 Å². The summed E-state index contributed by atoms with van der Waals surface area (Å²) in [5, 5.41) is 4.35. The van der Waals surface area contributed by atoms with E-state index in [9.17, 15) is 4.79 Å². The molecule has 1 aromatic rings. The van der Waals surface area contributed by atoms with Gasteiger partial charge in [-0.05, 0) is 18.3 Å². The van der Waals surface area contributed by atoms with E-state index in [1.54, 1.807) is 6.20 Å². The zero-order chi connectivity index (χ0) is 11.8. The number of hydrogen-bond donors (Lipinski definition) is 0. The average Bonchev–Trinajstić information content (AvgIpc) is 2.56. The third kappa shape index (κ3) is 2.04. The van der Waals surface area contributed by atoms with E-state index in [-0.39, 0.29) is 11.2 Å². The van der Waals surface area contributed by atoms with Crippen LogP contribution in [0.1, 0.15) is 56.1 Å². The topological polar surface area (TPSA) is 34.9 Å². The van der Waals surface area contributed by atoms with Gasteiger partial charge in [-0.25, -0.2) is 0 Å². The Morgan fingerprint density at radius 1 is 1.44 bits per heavy atom. The van der Waals surface area contributed by atoms with Gasteiger partial charge in [0.25, 0.3) is 0 Å². The molecule has 0 unspecified atom stereocenters. The van der Waals surface area contributed by atoms with Crippen LogP contribution in [0.3, 0.4) is 0 Å². The zero-order valence-electron chi connectivity index (χ0n) is 10.4. The summed E-state index contributed by atoms with van der Waals surface area (Å²) in [6.45, 7) is 7.43. The molecular formula is C13H20N2O.